The molecule has 3 unspecified atom stereocenters. The molecule has 1 aromatic carbocycles. The van der Waals surface area contributed by atoms with Crippen molar-refractivity contribution in [3.05, 3.63) is 36.0 Å². The molecular formula is C14H12N2O4S. The van der Waals surface area contributed by atoms with Gasteiger partial charge in [0.25, 0.3) is 0 Å². The van der Waals surface area contributed by atoms with E-state index in [-0.39, 0.29) is 17.9 Å². The van der Waals surface area contributed by atoms with Gasteiger partial charge in [0, 0.05) is 10.6 Å². The summed E-state index contributed by atoms with van der Waals surface area (Å²) in [5.41, 5.74) is 0. The van der Waals surface area contributed by atoms with Crippen molar-refractivity contribution in [2.75, 3.05) is 5.75 Å². The second-order valence-electron chi connectivity index (χ2n) is 5.14. The Balaban J connectivity index is 1.51. The van der Waals surface area contributed by atoms with Gasteiger partial charge in [-0.1, -0.05) is 17.3 Å². The van der Waals surface area contributed by atoms with E-state index in [0.29, 0.717) is 23.9 Å². The number of rotatable bonds is 3. The van der Waals surface area contributed by atoms with Crippen molar-refractivity contribution >= 4 is 17.7 Å². The highest BCUT2D eigenvalue weighted by atomic mass is 32.2. The number of thioether (sulfide) groups is 1. The van der Waals surface area contributed by atoms with E-state index in [1.54, 1.807) is 11.8 Å². The van der Waals surface area contributed by atoms with Crippen LogP contribution in [-0.2, 0) is 4.79 Å². The average molecular weight is 304 g/mol. The van der Waals surface area contributed by atoms with Crippen LogP contribution in [0.5, 0.6) is 5.75 Å². The zero-order chi connectivity index (χ0) is 14.4. The van der Waals surface area contributed by atoms with E-state index in [0.717, 1.165) is 10.6 Å². The first-order valence-corrected chi connectivity index (χ1v) is 7.65. The number of carboxylic acid groups (broad SMARTS) is 1. The molecule has 108 valence electrons. The van der Waals surface area contributed by atoms with Gasteiger partial charge < -0.3 is 14.4 Å². The molecule has 1 aromatic heterocycles. The first-order chi connectivity index (χ1) is 10.2. The van der Waals surface area contributed by atoms with Crippen molar-refractivity contribution < 1.29 is 19.2 Å². The summed E-state index contributed by atoms with van der Waals surface area (Å²) in [4.78, 5) is 16.3. The van der Waals surface area contributed by atoms with Gasteiger partial charge in [0.1, 0.15) is 5.75 Å². The number of benzene rings is 1. The fraction of sp³-hybridized carbons (Fsp3) is 0.357. The lowest BCUT2D eigenvalue weighted by Gasteiger charge is -2.22. The van der Waals surface area contributed by atoms with E-state index in [2.05, 4.69) is 10.1 Å². The maximum absolute atomic E-state index is 10.9. The third-order valence-corrected chi connectivity index (χ3v) is 4.80. The number of para-hydroxylation sites is 1. The Morgan fingerprint density at radius 1 is 1.38 bits per heavy atom. The van der Waals surface area contributed by atoms with E-state index in [9.17, 15) is 4.79 Å². The van der Waals surface area contributed by atoms with E-state index >= 15 is 0 Å². The van der Waals surface area contributed by atoms with Crippen molar-refractivity contribution in [1.82, 2.24) is 10.1 Å². The molecule has 0 spiro atoms. The van der Waals surface area contributed by atoms with Crippen molar-refractivity contribution in [3.8, 4) is 5.75 Å². The number of ether oxygens (including phenoxy) is 1. The number of aromatic nitrogens is 2. The van der Waals surface area contributed by atoms with Gasteiger partial charge in [0.2, 0.25) is 11.7 Å². The molecule has 1 aliphatic heterocycles. The van der Waals surface area contributed by atoms with Crippen molar-refractivity contribution in [1.29, 1.82) is 0 Å². The van der Waals surface area contributed by atoms with Crippen LogP contribution in [0, 0.1) is 5.92 Å². The minimum Gasteiger partial charge on any atom is -0.481 e. The van der Waals surface area contributed by atoms with Crippen molar-refractivity contribution in [2.24, 2.45) is 5.92 Å². The van der Waals surface area contributed by atoms with Gasteiger partial charge in [-0.2, -0.15) is 4.98 Å². The van der Waals surface area contributed by atoms with E-state index in [4.69, 9.17) is 14.4 Å². The summed E-state index contributed by atoms with van der Waals surface area (Å²) >= 11 is 1.69. The summed E-state index contributed by atoms with van der Waals surface area (Å²) in [5, 5.41) is 12.9. The first-order valence-electron chi connectivity index (χ1n) is 6.67. The number of nitrogens with zero attached hydrogens (tertiary/aromatic N) is 2. The molecular weight excluding hydrogens is 292 g/mol. The zero-order valence-electron chi connectivity index (χ0n) is 10.9. The van der Waals surface area contributed by atoms with Crippen LogP contribution in [0.4, 0.5) is 0 Å². The summed E-state index contributed by atoms with van der Waals surface area (Å²) in [6, 6.07) is 7.82. The van der Waals surface area contributed by atoms with Crippen LogP contribution in [0.15, 0.2) is 33.7 Å². The monoisotopic (exact) mass is 304 g/mol. The van der Waals surface area contributed by atoms with Crippen molar-refractivity contribution in [2.45, 2.75) is 23.3 Å². The molecule has 2 aromatic rings. The highest BCUT2D eigenvalue weighted by molar-refractivity contribution is 7.99. The summed E-state index contributed by atoms with van der Waals surface area (Å²) in [7, 11) is 0. The van der Waals surface area contributed by atoms with Crippen molar-refractivity contribution in [3.63, 3.8) is 0 Å². The Morgan fingerprint density at radius 2 is 2.24 bits per heavy atom. The number of aliphatic carboxylic acids is 1. The molecule has 1 fully saturated rings. The molecule has 0 amide bonds. The Morgan fingerprint density at radius 3 is 3.05 bits per heavy atom. The molecule has 2 heterocycles. The lowest BCUT2D eigenvalue weighted by atomic mass is 10.3. The molecule has 1 N–H and O–H groups in total. The molecule has 3 atom stereocenters. The first kappa shape index (κ1) is 12.7. The minimum atomic E-state index is -0.807. The summed E-state index contributed by atoms with van der Waals surface area (Å²) in [6.45, 7) is 0. The van der Waals surface area contributed by atoms with Gasteiger partial charge in [0.05, 0.1) is 11.8 Å². The topological polar surface area (TPSA) is 85.5 Å². The van der Waals surface area contributed by atoms with Crippen LogP contribution in [0.1, 0.15) is 30.2 Å². The van der Waals surface area contributed by atoms with Crippen LogP contribution in [0.25, 0.3) is 0 Å². The van der Waals surface area contributed by atoms with Crippen LogP contribution < -0.4 is 4.74 Å². The van der Waals surface area contributed by atoms with Gasteiger partial charge in [-0.3, -0.25) is 4.79 Å². The van der Waals surface area contributed by atoms with Crippen LogP contribution >= 0.6 is 11.8 Å². The summed E-state index contributed by atoms with van der Waals surface area (Å²) in [5.74, 6) is 1.09. The summed E-state index contributed by atoms with van der Waals surface area (Å²) in [6.07, 6.45) is 0.310. The molecule has 1 aliphatic carbocycles. The third-order valence-electron chi connectivity index (χ3n) is 3.68. The largest absolute Gasteiger partial charge is 0.481 e. The van der Waals surface area contributed by atoms with Crippen LogP contribution in [0.2, 0.25) is 0 Å². The van der Waals surface area contributed by atoms with Gasteiger partial charge in [0.15, 0.2) is 6.10 Å². The Hall–Kier alpha value is -2.02. The quantitative estimate of drug-likeness (QED) is 0.932. The lowest BCUT2D eigenvalue weighted by molar-refractivity contribution is -0.138. The molecule has 0 saturated heterocycles. The molecule has 0 radical (unpaired) electrons. The van der Waals surface area contributed by atoms with E-state index in [1.807, 2.05) is 24.3 Å². The summed E-state index contributed by atoms with van der Waals surface area (Å²) < 4.78 is 11.1. The van der Waals surface area contributed by atoms with Crippen LogP contribution in [-0.4, -0.2) is 27.0 Å². The Kier molecular flexibility index (Phi) is 2.88. The third kappa shape index (κ3) is 2.27. The van der Waals surface area contributed by atoms with Gasteiger partial charge >= 0.3 is 5.97 Å². The number of hydrogen-bond acceptors (Lipinski definition) is 6. The number of hydrogen-bond donors (Lipinski definition) is 1. The van der Waals surface area contributed by atoms with Gasteiger partial charge in [-0.25, -0.2) is 0 Å². The SMILES string of the molecule is O=C(O)C1CC1c1nc(C2CSc3ccccc3O2)no1. The van der Waals surface area contributed by atoms with E-state index < -0.39 is 5.97 Å². The molecule has 2 aliphatic rings. The normalized spacial score (nSPS) is 26.8. The standard InChI is InChI=1S/C14H12N2O4S/c17-14(18)8-5-7(8)13-15-12(16-20-13)10-6-21-11-4-2-1-3-9(11)19-10/h1-4,7-8,10H,5-6H2,(H,17,18). The second-order valence-corrected chi connectivity index (χ2v) is 6.20. The smallest absolute Gasteiger partial charge is 0.307 e. The highest BCUT2D eigenvalue weighted by Crippen LogP contribution is 2.47. The number of carbonyl (C=O) groups is 1. The maximum atomic E-state index is 10.9. The molecule has 4 rings (SSSR count). The fourth-order valence-corrected chi connectivity index (χ4v) is 3.40. The second kappa shape index (κ2) is 4.77. The maximum Gasteiger partial charge on any atom is 0.307 e. The average Bonchev–Trinajstić information content (AvgIpc) is 3.17. The predicted octanol–water partition coefficient (Wildman–Crippen LogP) is 2.48. The predicted molar refractivity (Wildman–Crippen MR) is 73.3 cm³/mol. The molecule has 6 nitrogen and oxygen atoms in total. The molecule has 21 heavy (non-hydrogen) atoms. The van der Waals surface area contributed by atoms with Gasteiger partial charge in [-0.05, 0) is 18.6 Å². The van der Waals surface area contributed by atoms with E-state index in [1.165, 1.54) is 0 Å². The Labute approximate surface area is 124 Å². The van der Waals surface area contributed by atoms with Crippen LogP contribution in [0.3, 0.4) is 0 Å². The highest BCUT2D eigenvalue weighted by Gasteiger charge is 2.48. The molecule has 7 heteroatoms. The number of fused-ring (bicyclic) bond motifs is 1. The Bertz CT molecular complexity index is 702. The zero-order valence-corrected chi connectivity index (χ0v) is 11.7. The van der Waals surface area contributed by atoms with Gasteiger partial charge in [-0.15, -0.1) is 11.8 Å². The fourth-order valence-electron chi connectivity index (χ4n) is 2.42. The number of carboxylic acids is 1. The lowest BCUT2D eigenvalue weighted by Crippen LogP contribution is -2.16. The molecule has 1 saturated carbocycles. The minimum absolute atomic E-state index is 0.146. The molecule has 0 bridgehead atoms.